The third kappa shape index (κ3) is 4.18. The number of imidazole rings is 1. The van der Waals surface area contributed by atoms with Crippen molar-refractivity contribution >= 4 is 39.2 Å². The molecule has 1 amide bonds. The number of amides is 1. The number of nitrogens with one attached hydrogen (secondary N) is 3. The summed E-state index contributed by atoms with van der Waals surface area (Å²) >= 11 is 0. The van der Waals surface area contributed by atoms with Crippen LogP contribution in [-0.2, 0) is 4.79 Å². The summed E-state index contributed by atoms with van der Waals surface area (Å²) in [6.07, 6.45) is 1.76. The maximum absolute atomic E-state index is 13.4. The average Bonchev–Trinajstić information content (AvgIpc) is 3.33. The standard InChI is InChI=1S/C28H27N7O2/c1-17(20-8-5-6-12-29-20)30-26-19-7-3-4-9-21(19)33-28(37)25(26)27-31-22-11-10-18(15-23(22)32-27)35-14-13-34(2)24(36)16-35/h3-12,15,17H,13-14,16H2,1-2H3,(H,31,32)(H2,30,33,37)/t17-/m0/s1. The minimum Gasteiger partial charge on any atom is -0.376 e. The second-order valence-electron chi connectivity index (χ2n) is 9.39. The highest BCUT2D eigenvalue weighted by Gasteiger charge is 2.23. The molecule has 3 aromatic heterocycles. The van der Waals surface area contributed by atoms with E-state index < -0.39 is 0 Å². The Morgan fingerprint density at radius 2 is 1.81 bits per heavy atom. The van der Waals surface area contributed by atoms with Crippen molar-refractivity contribution < 1.29 is 4.79 Å². The van der Waals surface area contributed by atoms with Gasteiger partial charge in [-0.1, -0.05) is 24.3 Å². The predicted molar refractivity (Wildman–Crippen MR) is 146 cm³/mol. The lowest BCUT2D eigenvalue weighted by atomic mass is 10.1. The van der Waals surface area contributed by atoms with Gasteiger partial charge in [-0.15, -0.1) is 0 Å². The van der Waals surface area contributed by atoms with Gasteiger partial charge in [0.25, 0.3) is 5.56 Å². The lowest BCUT2D eigenvalue weighted by molar-refractivity contribution is -0.129. The van der Waals surface area contributed by atoms with Crippen molar-refractivity contribution in [3.8, 4) is 11.4 Å². The molecule has 4 heterocycles. The number of anilines is 2. The molecule has 0 unspecified atom stereocenters. The van der Waals surface area contributed by atoms with Crippen LogP contribution in [0.5, 0.6) is 0 Å². The number of likely N-dealkylation sites (N-methyl/N-ethyl adjacent to an activating group) is 1. The van der Waals surface area contributed by atoms with Crippen LogP contribution in [0.25, 0.3) is 33.3 Å². The maximum Gasteiger partial charge on any atom is 0.261 e. The van der Waals surface area contributed by atoms with Gasteiger partial charge < -0.3 is 25.1 Å². The summed E-state index contributed by atoms with van der Waals surface area (Å²) in [5.74, 6) is 0.571. The van der Waals surface area contributed by atoms with Gasteiger partial charge in [-0.25, -0.2) is 4.98 Å². The molecule has 0 bridgehead atoms. The fourth-order valence-corrected chi connectivity index (χ4v) is 4.83. The summed E-state index contributed by atoms with van der Waals surface area (Å²) in [5.41, 5.74) is 5.00. The Morgan fingerprint density at radius 3 is 2.62 bits per heavy atom. The second-order valence-corrected chi connectivity index (χ2v) is 9.39. The number of carbonyl (C=O) groups excluding carboxylic acids is 1. The van der Waals surface area contributed by atoms with E-state index in [1.54, 1.807) is 11.1 Å². The number of hydrogen-bond donors (Lipinski definition) is 3. The summed E-state index contributed by atoms with van der Waals surface area (Å²) in [5, 5.41) is 4.42. The topological polar surface area (TPSA) is 110 Å². The highest BCUT2D eigenvalue weighted by Crippen LogP contribution is 2.33. The van der Waals surface area contributed by atoms with Gasteiger partial charge in [0.2, 0.25) is 5.91 Å². The molecule has 0 radical (unpaired) electrons. The number of piperazine rings is 1. The minimum atomic E-state index is -0.238. The Bertz CT molecular complexity index is 1680. The zero-order valence-corrected chi connectivity index (χ0v) is 20.7. The summed E-state index contributed by atoms with van der Waals surface area (Å²) in [6, 6.07) is 19.2. The zero-order chi connectivity index (χ0) is 25.5. The number of hydrogen-bond acceptors (Lipinski definition) is 6. The molecule has 1 aliphatic rings. The molecule has 6 rings (SSSR count). The Balaban J connectivity index is 1.44. The largest absolute Gasteiger partial charge is 0.376 e. The third-order valence-electron chi connectivity index (χ3n) is 6.94. The van der Waals surface area contributed by atoms with Gasteiger partial charge >= 0.3 is 0 Å². The monoisotopic (exact) mass is 493 g/mol. The number of pyridine rings is 2. The van der Waals surface area contributed by atoms with E-state index in [0.29, 0.717) is 30.2 Å². The van der Waals surface area contributed by atoms with Crippen LogP contribution in [0, 0.1) is 0 Å². The Morgan fingerprint density at radius 1 is 0.973 bits per heavy atom. The van der Waals surface area contributed by atoms with Crippen molar-refractivity contribution in [2.75, 3.05) is 36.9 Å². The van der Waals surface area contributed by atoms with Crippen molar-refractivity contribution in [2.24, 2.45) is 0 Å². The number of H-pyrrole nitrogens is 2. The molecular weight excluding hydrogens is 466 g/mol. The van der Waals surface area contributed by atoms with E-state index in [0.717, 1.165) is 39.9 Å². The quantitative estimate of drug-likeness (QED) is 0.342. The van der Waals surface area contributed by atoms with Gasteiger partial charge in [0, 0.05) is 37.4 Å². The van der Waals surface area contributed by atoms with Crippen LogP contribution in [0.3, 0.4) is 0 Å². The fraction of sp³-hybridized carbons (Fsp3) is 0.214. The smallest absolute Gasteiger partial charge is 0.261 e. The number of rotatable bonds is 5. The van der Waals surface area contributed by atoms with Crippen molar-refractivity contribution in [3.63, 3.8) is 0 Å². The van der Waals surface area contributed by atoms with Gasteiger partial charge in [-0.2, -0.15) is 0 Å². The van der Waals surface area contributed by atoms with Gasteiger partial charge in [0.05, 0.1) is 40.5 Å². The fourth-order valence-electron chi connectivity index (χ4n) is 4.83. The highest BCUT2D eigenvalue weighted by atomic mass is 16.2. The molecule has 37 heavy (non-hydrogen) atoms. The van der Waals surface area contributed by atoms with Crippen LogP contribution in [0.4, 0.5) is 11.4 Å². The van der Waals surface area contributed by atoms with Gasteiger partial charge in [-0.05, 0) is 43.3 Å². The SMILES string of the molecule is C[C@H](Nc1c(-c2nc3ccc(N4CCN(C)C(=O)C4)cc3[nH]2)c(=O)[nH]c2ccccc12)c1ccccn1. The van der Waals surface area contributed by atoms with Crippen LogP contribution in [-0.4, -0.2) is 57.4 Å². The normalized spacial score (nSPS) is 14.9. The zero-order valence-electron chi connectivity index (χ0n) is 20.7. The second kappa shape index (κ2) is 9.09. The van der Waals surface area contributed by atoms with Crippen LogP contribution in [0.15, 0.2) is 71.7 Å². The molecule has 186 valence electrons. The lowest BCUT2D eigenvalue weighted by Crippen LogP contribution is -2.48. The first-order valence-electron chi connectivity index (χ1n) is 12.3. The molecular formula is C28H27N7O2. The Kier molecular flexibility index (Phi) is 5.60. The van der Waals surface area contributed by atoms with Crippen LogP contribution in [0.1, 0.15) is 18.7 Å². The molecule has 3 N–H and O–H groups in total. The van der Waals surface area contributed by atoms with Gasteiger partial charge in [0.15, 0.2) is 0 Å². The molecule has 1 saturated heterocycles. The summed E-state index contributed by atoms with van der Waals surface area (Å²) in [6.45, 7) is 3.80. The molecule has 2 aromatic carbocycles. The molecule has 0 saturated carbocycles. The van der Waals surface area contributed by atoms with E-state index in [9.17, 15) is 9.59 Å². The van der Waals surface area contributed by atoms with E-state index in [1.165, 1.54) is 0 Å². The summed E-state index contributed by atoms with van der Waals surface area (Å²) in [4.78, 5) is 45.1. The van der Waals surface area contributed by atoms with Gasteiger partial charge in [0.1, 0.15) is 11.4 Å². The first-order valence-corrected chi connectivity index (χ1v) is 12.3. The van der Waals surface area contributed by atoms with E-state index in [1.807, 2.05) is 74.6 Å². The number of para-hydroxylation sites is 1. The number of aromatic amines is 2. The first kappa shape index (κ1) is 22.8. The van der Waals surface area contributed by atoms with Crippen LogP contribution in [0.2, 0.25) is 0 Å². The molecule has 0 spiro atoms. The molecule has 9 nitrogen and oxygen atoms in total. The molecule has 1 fully saturated rings. The van der Waals surface area contributed by atoms with Gasteiger partial charge in [-0.3, -0.25) is 14.6 Å². The van der Waals surface area contributed by atoms with Crippen molar-refractivity contribution in [2.45, 2.75) is 13.0 Å². The van der Waals surface area contributed by atoms with Crippen LogP contribution >= 0.6 is 0 Å². The van der Waals surface area contributed by atoms with Crippen molar-refractivity contribution in [3.05, 3.63) is 82.9 Å². The van der Waals surface area contributed by atoms with Crippen molar-refractivity contribution in [1.29, 1.82) is 0 Å². The molecule has 0 aliphatic carbocycles. The van der Waals surface area contributed by atoms with E-state index >= 15 is 0 Å². The minimum absolute atomic E-state index is 0.0945. The van der Waals surface area contributed by atoms with E-state index in [2.05, 4.69) is 25.2 Å². The van der Waals surface area contributed by atoms with Crippen molar-refractivity contribution in [1.82, 2.24) is 24.8 Å². The molecule has 5 aromatic rings. The number of benzene rings is 2. The number of aromatic nitrogens is 4. The third-order valence-corrected chi connectivity index (χ3v) is 6.94. The molecule has 9 heteroatoms. The number of fused-ring (bicyclic) bond motifs is 2. The summed E-state index contributed by atoms with van der Waals surface area (Å²) < 4.78 is 0. The molecule has 1 aliphatic heterocycles. The van der Waals surface area contributed by atoms with Crippen LogP contribution < -0.4 is 15.8 Å². The maximum atomic E-state index is 13.4. The average molecular weight is 494 g/mol. The first-order chi connectivity index (χ1) is 18.0. The molecule has 1 atom stereocenters. The Labute approximate surface area is 213 Å². The Hall–Kier alpha value is -4.66. The lowest BCUT2D eigenvalue weighted by Gasteiger charge is -2.33. The number of nitrogens with zero attached hydrogens (tertiary/aromatic N) is 4. The summed E-state index contributed by atoms with van der Waals surface area (Å²) in [7, 11) is 1.82. The van der Waals surface area contributed by atoms with E-state index in [-0.39, 0.29) is 17.5 Å². The number of carbonyl (C=O) groups is 1. The predicted octanol–water partition coefficient (Wildman–Crippen LogP) is 3.92. The van der Waals surface area contributed by atoms with E-state index in [4.69, 9.17) is 4.98 Å². The highest BCUT2D eigenvalue weighted by molar-refractivity contribution is 5.99.